The van der Waals surface area contributed by atoms with Gasteiger partial charge < -0.3 is 10.2 Å². The van der Waals surface area contributed by atoms with Gasteiger partial charge in [-0.2, -0.15) is 10.1 Å². The number of hydrogen-bond acceptors (Lipinski definition) is 6. The topological polar surface area (TPSA) is 66.8 Å². The molecule has 2 aromatic rings. The van der Waals surface area contributed by atoms with E-state index in [-0.39, 0.29) is 0 Å². The molecule has 0 radical (unpaired) electrons. The SMILES string of the molecule is CC1CCN(c2nncc(NCc3ccncc3)n2)CC1. The summed E-state index contributed by atoms with van der Waals surface area (Å²) in [6, 6.07) is 3.96. The Hall–Kier alpha value is -2.24. The molecule has 6 heteroatoms. The van der Waals surface area contributed by atoms with Crippen molar-refractivity contribution < 1.29 is 0 Å². The van der Waals surface area contributed by atoms with Crippen molar-refractivity contribution >= 4 is 11.8 Å². The minimum atomic E-state index is 0.706. The average Bonchev–Trinajstić information content (AvgIpc) is 2.55. The van der Waals surface area contributed by atoms with Crippen molar-refractivity contribution in [2.45, 2.75) is 26.3 Å². The quantitative estimate of drug-likeness (QED) is 0.927. The van der Waals surface area contributed by atoms with Crippen molar-refractivity contribution in [2.75, 3.05) is 23.3 Å². The van der Waals surface area contributed by atoms with E-state index in [1.165, 1.54) is 12.8 Å². The average molecular weight is 284 g/mol. The maximum atomic E-state index is 4.56. The third-order valence-corrected chi connectivity index (χ3v) is 3.84. The lowest BCUT2D eigenvalue weighted by molar-refractivity contribution is 0.433. The molecule has 6 nitrogen and oxygen atoms in total. The van der Waals surface area contributed by atoms with Gasteiger partial charge in [0.2, 0.25) is 5.95 Å². The van der Waals surface area contributed by atoms with E-state index in [0.29, 0.717) is 6.54 Å². The number of hydrogen-bond donors (Lipinski definition) is 1. The van der Waals surface area contributed by atoms with Gasteiger partial charge in [-0.05, 0) is 36.5 Å². The Balaban J connectivity index is 1.63. The Bertz CT molecular complexity index is 565. The molecular formula is C15H20N6. The minimum Gasteiger partial charge on any atom is -0.365 e. The minimum absolute atomic E-state index is 0.706. The molecule has 0 atom stereocenters. The molecule has 110 valence electrons. The standard InChI is InChI=1S/C15H20N6/c1-12-4-8-21(9-5-12)15-19-14(11-18-20-15)17-10-13-2-6-16-7-3-13/h2-3,6-7,11-12H,4-5,8-10H2,1H3,(H,17,19,20). The summed E-state index contributed by atoms with van der Waals surface area (Å²) in [6.07, 6.45) is 7.62. The van der Waals surface area contributed by atoms with Crippen molar-refractivity contribution in [3.05, 3.63) is 36.3 Å². The summed E-state index contributed by atoms with van der Waals surface area (Å²) >= 11 is 0. The molecule has 0 saturated carbocycles. The molecule has 0 spiro atoms. The first-order valence-electron chi connectivity index (χ1n) is 7.39. The number of aromatic nitrogens is 4. The number of pyridine rings is 1. The predicted molar refractivity (Wildman–Crippen MR) is 82.0 cm³/mol. The molecule has 0 aliphatic carbocycles. The van der Waals surface area contributed by atoms with Gasteiger partial charge in [-0.15, -0.1) is 5.10 Å². The number of nitrogens with zero attached hydrogens (tertiary/aromatic N) is 5. The highest BCUT2D eigenvalue weighted by molar-refractivity contribution is 5.39. The van der Waals surface area contributed by atoms with Crippen LogP contribution in [0.2, 0.25) is 0 Å². The zero-order chi connectivity index (χ0) is 14.5. The summed E-state index contributed by atoms with van der Waals surface area (Å²) in [4.78, 5) is 10.8. The van der Waals surface area contributed by atoms with Crippen LogP contribution in [0.4, 0.5) is 11.8 Å². The molecule has 1 aliphatic rings. The fourth-order valence-corrected chi connectivity index (χ4v) is 2.42. The van der Waals surface area contributed by atoms with Crippen LogP contribution in [0, 0.1) is 5.92 Å². The molecule has 1 N–H and O–H groups in total. The van der Waals surface area contributed by atoms with E-state index in [0.717, 1.165) is 36.3 Å². The van der Waals surface area contributed by atoms with Gasteiger partial charge in [0.25, 0.3) is 0 Å². The Morgan fingerprint density at radius 3 is 2.76 bits per heavy atom. The van der Waals surface area contributed by atoms with Gasteiger partial charge in [0, 0.05) is 32.0 Å². The van der Waals surface area contributed by atoms with Gasteiger partial charge in [-0.3, -0.25) is 4.98 Å². The van der Waals surface area contributed by atoms with Gasteiger partial charge in [0.15, 0.2) is 5.82 Å². The van der Waals surface area contributed by atoms with Crippen molar-refractivity contribution in [3.63, 3.8) is 0 Å². The second-order valence-electron chi connectivity index (χ2n) is 5.52. The first-order valence-corrected chi connectivity index (χ1v) is 7.39. The van der Waals surface area contributed by atoms with Gasteiger partial charge in [0.1, 0.15) is 0 Å². The van der Waals surface area contributed by atoms with E-state index >= 15 is 0 Å². The molecule has 3 rings (SSSR count). The fraction of sp³-hybridized carbons (Fsp3) is 0.467. The van der Waals surface area contributed by atoms with Crippen molar-refractivity contribution in [3.8, 4) is 0 Å². The molecule has 0 aromatic carbocycles. The van der Waals surface area contributed by atoms with Crippen molar-refractivity contribution in [1.82, 2.24) is 20.2 Å². The van der Waals surface area contributed by atoms with E-state index in [2.05, 4.69) is 37.3 Å². The van der Waals surface area contributed by atoms with E-state index in [1.807, 2.05) is 12.1 Å². The van der Waals surface area contributed by atoms with Crippen LogP contribution in [0.5, 0.6) is 0 Å². The van der Waals surface area contributed by atoms with E-state index in [1.54, 1.807) is 18.6 Å². The zero-order valence-corrected chi connectivity index (χ0v) is 12.2. The molecule has 21 heavy (non-hydrogen) atoms. The van der Waals surface area contributed by atoms with Crippen LogP contribution in [0.1, 0.15) is 25.3 Å². The number of anilines is 2. The summed E-state index contributed by atoms with van der Waals surface area (Å²) in [5, 5.41) is 11.5. The molecule has 1 fully saturated rings. The Labute approximate surface area is 124 Å². The summed E-state index contributed by atoms with van der Waals surface area (Å²) in [5.74, 6) is 2.28. The lowest BCUT2D eigenvalue weighted by Gasteiger charge is -2.29. The zero-order valence-electron chi connectivity index (χ0n) is 12.2. The predicted octanol–water partition coefficient (Wildman–Crippen LogP) is 2.11. The molecule has 0 unspecified atom stereocenters. The highest BCUT2D eigenvalue weighted by Gasteiger charge is 2.18. The third kappa shape index (κ3) is 3.65. The molecular weight excluding hydrogens is 264 g/mol. The molecule has 1 aliphatic heterocycles. The van der Waals surface area contributed by atoms with Gasteiger partial charge in [-0.1, -0.05) is 6.92 Å². The summed E-state index contributed by atoms with van der Waals surface area (Å²) in [7, 11) is 0. The number of rotatable bonds is 4. The van der Waals surface area contributed by atoms with Crippen molar-refractivity contribution in [2.24, 2.45) is 5.92 Å². The highest BCUT2D eigenvalue weighted by atomic mass is 15.3. The fourth-order valence-electron chi connectivity index (χ4n) is 2.42. The van der Waals surface area contributed by atoms with E-state index in [9.17, 15) is 0 Å². The first kappa shape index (κ1) is 13.7. The van der Waals surface area contributed by atoms with Crippen LogP contribution in [0.3, 0.4) is 0 Å². The first-order chi connectivity index (χ1) is 10.3. The Morgan fingerprint density at radius 1 is 1.24 bits per heavy atom. The molecule has 2 aromatic heterocycles. The van der Waals surface area contributed by atoms with Gasteiger partial charge in [0.05, 0.1) is 6.20 Å². The van der Waals surface area contributed by atoms with Crippen LogP contribution < -0.4 is 10.2 Å². The van der Waals surface area contributed by atoms with Crippen molar-refractivity contribution in [1.29, 1.82) is 0 Å². The normalized spacial score (nSPS) is 16.0. The largest absolute Gasteiger partial charge is 0.365 e. The molecule has 3 heterocycles. The summed E-state index contributed by atoms with van der Waals surface area (Å²) in [6.45, 7) is 5.02. The monoisotopic (exact) mass is 284 g/mol. The highest BCUT2D eigenvalue weighted by Crippen LogP contribution is 2.20. The lowest BCUT2D eigenvalue weighted by atomic mass is 10.00. The summed E-state index contributed by atoms with van der Waals surface area (Å²) in [5.41, 5.74) is 1.16. The second-order valence-corrected chi connectivity index (χ2v) is 5.52. The van der Waals surface area contributed by atoms with Gasteiger partial charge >= 0.3 is 0 Å². The Kier molecular flexibility index (Phi) is 4.23. The van der Waals surface area contributed by atoms with E-state index < -0.39 is 0 Å². The molecule has 0 bridgehead atoms. The Morgan fingerprint density at radius 2 is 2.00 bits per heavy atom. The lowest BCUT2D eigenvalue weighted by Crippen LogP contribution is -2.34. The number of nitrogens with one attached hydrogen (secondary N) is 1. The van der Waals surface area contributed by atoms with Crippen LogP contribution in [0.15, 0.2) is 30.7 Å². The molecule has 1 saturated heterocycles. The maximum absolute atomic E-state index is 4.56. The second kappa shape index (κ2) is 6.47. The molecule has 0 amide bonds. The van der Waals surface area contributed by atoms with Crippen LogP contribution >= 0.6 is 0 Å². The third-order valence-electron chi connectivity index (χ3n) is 3.84. The van der Waals surface area contributed by atoms with Gasteiger partial charge in [-0.25, -0.2) is 0 Å². The van der Waals surface area contributed by atoms with Crippen LogP contribution in [-0.2, 0) is 6.54 Å². The summed E-state index contributed by atoms with van der Waals surface area (Å²) < 4.78 is 0. The number of piperidine rings is 1. The smallest absolute Gasteiger partial charge is 0.247 e. The van der Waals surface area contributed by atoms with Crippen LogP contribution in [0.25, 0.3) is 0 Å². The maximum Gasteiger partial charge on any atom is 0.247 e. The van der Waals surface area contributed by atoms with E-state index in [4.69, 9.17) is 0 Å². The van der Waals surface area contributed by atoms with Crippen LogP contribution in [-0.4, -0.2) is 33.3 Å².